The molecule has 6 nitrogen and oxygen atoms in total. The fraction of sp³-hybridized carbons (Fsp3) is 0.273. The van der Waals surface area contributed by atoms with Crippen LogP contribution in [0.15, 0.2) is 18.2 Å². The third kappa shape index (κ3) is 3.46. The molecule has 1 rings (SSSR count). The molecule has 3 N–H and O–H groups in total. The van der Waals surface area contributed by atoms with Gasteiger partial charge < -0.3 is 20.1 Å². The minimum absolute atomic E-state index is 0.00543. The number of carboxylic acid groups (broad SMARTS) is 2. The monoisotopic (exact) mass is 240 g/mol. The number of hydrogen-bond donors (Lipinski definition) is 3. The molecule has 17 heavy (non-hydrogen) atoms. The van der Waals surface area contributed by atoms with Crippen LogP contribution < -0.4 is 4.74 Å². The first kappa shape index (κ1) is 13.0. The fourth-order valence-corrected chi connectivity index (χ4v) is 1.19. The van der Waals surface area contributed by atoms with Crippen molar-refractivity contribution >= 4 is 11.9 Å². The van der Waals surface area contributed by atoms with Crippen LogP contribution in [0.2, 0.25) is 0 Å². The third-order valence-corrected chi connectivity index (χ3v) is 1.94. The summed E-state index contributed by atoms with van der Waals surface area (Å²) in [6.45, 7) is 1.52. The smallest absolute Gasteiger partial charge is 0.336 e. The van der Waals surface area contributed by atoms with E-state index in [0.29, 0.717) is 0 Å². The Morgan fingerprint density at radius 1 is 1.24 bits per heavy atom. The van der Waals surface area contributed by atoms with Gasteiger partial charge in [-0.25, -0.2) is 9.59 Å². The van der Waals surface area contributed by atoms with E-state index in [4.69, 9.17) is 20.1 Å². The molecule has 0 saturated heterocycles. The second-order valence-corrected chi connectivity index (χ2v) is 3.48. The van der Waals surface area contributed by atoms with Crippen molar-refractivity contribution < 1.29 is 29.6 Å². The topological polar surface area (TPSA) is 104 Å². The lowest BCUT2D eigenvalue weighted by Gasteiger charge is -2.09. The molecule has 1 aromatic carbocycles. The van der Waals surface area contributed by atoms with Gasteiger partial charge in [0, 0.05) is 0 Å². The number of carbonyl (C=O) groups is 2. The Labute approximate surface area is 97.1 Å². The molecule has 0 aliphatic heterocycles. The predicted molar refractivity (Wildman–Crippen MR) is 57.5 cm³/mol. The summed E-state index contributed by atoms with van der Waals surface area (Å²) in [5, 5.41) is 26.6. The third-order valence-electron chi connectivity index (χ3n) is 1.94. The van der Waals surface area contributed by atoms with Crippen LogP contribution >= 0.6 is 0 Å². The Hall–Kier alpha value is -2.08. The van der Waals surface area contributed by atoms with Crippen LogP contribution in [0.4, 0.5) is 0 Å². The largest absolute Gasteiger partial charge is 0.491 e. The predicted octanol–water partition coefficient (Wildman–Crippen LogP) is 0.843. The molecule has 0 spiro atoms. The van der Waals surface area contributed by atoms with Crippen LogP contribution in [0.3, 0.4) is 0 Å². The Kier molecular flexibility index (Phi) is 4.06. The van der Waals surface area contributed by atoms with E-state index in [1.165, 1.54) is 13.0 Å². The summed E-state index contributed by atoms with van der Waals surface area (Å²) in [5.41, 5.74) is -0.650. The molecule has 0 aromatic heterocycles. The molecule has 0 aliphatic carbocycles. The van der Waals surface area contributed by atoms with Crippen LogP contribution in [-0.4, -0.2) is 40.0 Å². The number of benzene rings is 1. The van der Waals surface area contributed by atoms with Crippen molar-refractivity contribution in [2.24, 2.45) is 0 Å². The van der Waals surface area contributed by atoms with E-state index in [2.05, 4.69) is 0 Å². The van der Waals surface area contributed by atoms with E-state index >= 15 is 0 Å². The maximum Gasteiger partial charge on any atom is 0.336 e. The van der Waals surface area contributed by atoms with Gasteiger partial charge in [0.1, 0.15) is 12.4 Å². The highest BCUT2D eigenvalue weighted by molar-refractivity contribution is 6.01. The van der Waals surface area contributed by atoms with Gasteiger partial charge in [0.25, 0.3) is 0 Å². The maximum absolute atomic E-state index is 10.8. The SMILES string of the molecule is CC(O)COc1ccc(C(=O)O)c(C(=O)O)c1. The molecule has 0 saturated carbocycles. The average Bonchev–Trinajstić information content (AvgIpc) is 2.25. The Balaban J connectivity index is 3.02. The summed E-state index contributed by atoms with van der Waals surface area (Å²) < 4.78 is 5.09. The minimum Gasteiger partial charge on any atom is -0.491 e. The van der Waals surface area contributed by atoms with Gasteiger partial charge in [-0.2, -0.15) is 0 Å². The number of aliphatic hydroxyl groups is 1. The van der Waals surface area contributed by atoms with E-state index in [1.807, 2.05) is 0 Å². The highest BCUT2D eigenvalue weighted by atomic mass is 16.5. The molecule has 0 radical (unpaired) electrons. The van der Waals surface area contributed by atoms with Crippen LogP contribution in [0.1, 0.15) is 27.6 Å². The van der Waals surface area contributed by atoms with Crippen molar-refractivity contribution in [1.29, 1.82) is 0 Å². The van der Waals surface area contributed by atoms with Crippen molar-refractivity contribution in [3.8, 4) is 5.75 Å². The van der Waals surface area contributed by atoms with Gasteiger partial charge in [0.05, 0.1) is 17.2 Å². The zero-order chi connectivity index (χ0) is 13.0. The van der Waals surface area contributed by atoms with Crippen LogP contribution in [0.25, 0.3) is 0 Å². The van der Waals surface area contributed by atoms with Gasteiger partial charge in [0.2, 0.25) is 0 Å². The van der Waals surface area contributed by atoms with Gasteiger partial charge >= 0.3 is 11.9 Å². The molecule has 1 atom stereocenters. The van der Waals surface area contributed by atoms with E-state index < -0.39 is 18.0 Å². The summed E-state index contributed by atoms with van der Waals surface area (Å²) in [6.07, 6.45) is -0.692. The molecule has 0 aliphatic rings. The van der Waals surface area contributed by atoms with Crippen LogP contribution in [-0.2, 0) is 0 Å². The fourth-order valence-electron chi connectivity index (χ4n) is 1.19. The number of aliphatic hydroxyl groups excluding tert-OH is 1. The molecule has 1 aromatic rings. The first-order valence-corrected chi connectivity index (χ1v) is 4.83. The molecule has 1 unspecified atom stereocenters. The normalized spacial score (nSPS) is 11.9. The van der Waals surface area contributed by atoms with E-state index in [9.17, 15) is 9.59 Å². The lowest BCUT2D eigenvalue weighted by molar-refractivity contribution is 0.0650. The molecular formula is C11H12O6. The second kappa shape index (κ2) is 5.31. The first-order chi connectivity index (χ1) is 7.91. The molecule has 92 valence electrons. The van der Waals surface area contributed by atoms with Gasteiger partial charge in [-0.1, -0.05) is 0 Å². The number of rotatable bonds is 5. The highest BCUT2D eigenvalue weighted by Crippen LogP contribution is 2.18. The number of ether oxygens (including phenoxy) is 1. The average molecular weight is 240 g/mol. The quantitative estimate of drug-likeness (QED) is 0.704. The summed E-state index contributed by atoms with van der Waals surface area (Å²) in [6, 6.07) is 3.62. The van der Waals surface area contributed by atoms with E-state index in [0.717, 1.165) is 12.1 Å². The highest BCUT2D eigenvalue weighted by Gasteiger charge is 2.16. The Bertz CT molecular complexity index is 438. The Morgan fingerprint density at radius 2 is 1.82 bits per heavy atom. The van der Waals surface area contributed by atoms with E-state index in [1.54, 1.807) is 0 Å². The maximum atomic E-state index is 10.8. The first-order valence-electron chi connectivity index (χ1n) is 4.83. The summed E-state index contributed by atoms with van der Waals surface area (Å²) in [4.78, 5) is 21.6. The summed E-state index contributed by atoms with van der Waals surface area (Å²) in [5.74, 6) is -2.46. The van der Waals surface area contributed by atoms with Crippen LogP contribution in [0.5, 0.6) is 5.75 Å². The standard InChI is InChI=1S/C11H12O6/c1-6(12)5-17-7-2-3-8(10(13)14)9(4-7)11(15)16/h2-4,6,12H,5H2,1H3,(H,13,14)(H,15,16). The minimum atomic E-state index is -1.34. The van der Waals surface area contributed by atoms with Crippen molar-refractivity contribution in [3.05, 3.63) is 29.3 Å². The van der Waals surface area contributed by atoms with Crippen molar-refractivity contribution in [1.82, 2.24) is 0 Å². The number of carboxylic acids is 2. The summed E-state index contributed by atoms with van der Waals surface area (Å²) in [7, 11) is 0. The molecule has 0 fully saturated rings. The van der Waals surface area contributed by atoms with Gasteiger partial charge in [-0.15, -0.1) is 0 Å². The number of aromatic carboxylic acids is 2. The lowest BCUT2D eigenvalue weighted by Crippen LogP contribution is -2.14. The zero-order valence-electron chi connectivity index (χ0n) is 9.08. The molecular weight excluding hydrogens is 228 g/mol. The Morgan fingerprint density at radius 3 is 2.29 bits per heavy atom. The van der Waals surface area contributed by atoms with Crippen molar-refractivity contribution in [2.45, 2.75) is 13.0 Å². The van der Waals surface area contributed by atoms with E-state index in [-0.39, 0.29) is 23.5 Å². The summed E-state index contributed by atoms with van der Waals surface area (Å²) >= 11 is 0. The van der Waals surface area contributed by atoms with Crippen molar-refractivity contribution in [2.75, 3.05) is 6.61 Å². The molecule has 0 bridgehead atoms. The zero-order valence-corrected chi connectivity index (χ0v) is 9.08. The van der Waals surface area contributed by atoms with Crippen molar-refractivity contribution in [3.63, 3.8) is 0 Å². The number of hydrogen-bond acceptors (Lipinski definition) is 4. The lowest BCUT2D eigenvalue weighted by atomic mass is 10.1. The van der Waals surface area contributed by atoms with Gasteiger partial charge in [0.15, 0.2) is 0 Å². The molecule has 6 heteroatoms. The molecule has 0 amide bonds. The van der Waals surface area contributed by atoms with Gasteiger partial charge in [-0.05, 0) is 25.1 Å². The van der Waals surface area contributed by atoms with Gasteiger partial charge in [-0.3, -0.25) is 0 Å². The van der Waals surface area contributed by atoms with Crippen LogP contribution in [0, 0.1) is 0 Å². The molecule has 0 heterocycles. The second-order valence-electron chi connectivity index (χ2n) is 3.48.